The first-order valence-corrected chi connectivity index (χ1v) is 10.9. The number of carbonyl (C=O) groups excluding carboxylic acids is 2. The number of carbonyl (C=O) groups is 2. The topological polar surface area (TPSA) is 76.1 Å². The average molecular weight is 486 g/mol. The Balaban J connectivity index is 1.47. The smallest absolute Gasteiger partial charge is 0.264 e. The molecule has 2 aliphatic heterocycles. The summed E-state index contributed by atoms with van der Waals surface area (Å²) in [5, 5.41) is 11.4. The fraction of sp³-hybridized carbons (Fsp3) is 0.182. The standard InChI is InChI=1S/C22H16BrNO5S/c23-20-8-7-19(30-20)16(25)10-22(27)14-3-1-2-4-15(14)24(21(22)26)11-13-5-6-17-18(9-13)29-12-28-17/h1-9,27H,10-12H2/t22-/m1/s1. The summed E-state index contributed by atoms with van der Waals surface area (Å²) in [4.78, 5) is 28.2. The third-order valence-electron chi connectivity index (χ3n) is 5.28. The van der Waals surface area contributed by atoms with Gasteiger partial charge in [-0.25, -0.2) is 0 Å². The average Bonchev–Trinajstić information content (AvgIpc) is 3.43. The number of hydrogen-bond donors (Lipinski definition) is 1. The van der Waals surface area contributed by atoms with Gasteiger partial charge in [-0.15, -0.1) is 11.3 Å². The number of amides is 1. The van der Waals surface area contributed by atoms with Crippen molar-refractivity contribution in [2.24, 2.45) is 0 Å². The second-order valence-electron chi connectivity index (χ2n) is 7.16. The van der Waals surface area contributed by atoms with E-state index in [4.69, 9.17) is 9.47 Å². The molecular weight excluding hydrogens is 470 g/mol. The zero-order valence-electron chi connectivity index (χ0n) is 15.6. The van der Waals surface area contributed by atoms with E-state index in [1.165, 1.54) is 16.2 Å². The van der Waals surface area contributed by atoms with Crippen molar-refractivity contribution in [3.63, 3.8) is 0 Å². The van der Waals surface area contributed by atoms with Crippen LogP contribution in [0, 0.1) is 0 Å². The molecule has 5 rings (SSSR count). The van der Waals surface area contributed by atoms with Crippen LogP contribution in [0.5, 0.6) is 11.5 Å². The third kappa shape index (κ3) is 3.12. The van der Waals surface area contributed by atoms with Crippen LogP contribution in [-0.2, 0) is 16.9 Å². The van der Waals surface area contributed by atoms with E-state index in [9.17, 15) is 14.7 Å². The van der Waals surface area contributed by atoms with Gasteiger partial charge in [0.1, 0.15) is 0 Å². The van der Waals surface area contributed by atoms with Gasteiger partial charge in [0.2, 0.25) is 6.79 Å². The fourth-order valence-electron chi connectivity index (χ4n) is 3.84. The summed E-state index contributed by atoms with van der Waals surface area (Å²) < 4.78 is 11.6. The van der Waals surface area contributed by atoms with Crippen molar-refractivity contribution in [1.82, 2.24) is 0 Å². The highest BCUT2D eigenvalue weighted by atomic mass is 79.9. The predicted octanol–water partition coefficient (Wildman–Crippen LogP) is 4.25. The molecule has 0 aliphatic carbocycles. The summed E-state index contributed by atoms with van der Waals surface area (Å²) in [5.74, 6) is 0.504. The quantitative estimate of drug-likeness (QED) is 0.546. The summed E-state index contributed by atoms with van der Waals surface area (Å²) in [5.41, 5.74) is -0.0248. The van der Waals surface area contributed by atoms with Crippen LogP contribution in [0.3, 0.4) is 0 Å². The first-order valence-electron chi connectivity index (χ1n) is 9.26. The Kier molecular flexibility index (Phi) is 4.65. The highest BCUT2D eigenvalue weighted by Gasteiger charge is 2.50. The fourth-order valence-corrected chi connectivity index (χ4v) is 5.16. The molecule has 0 bridgehead atoms. The van der Waals surface area contributed by atoms with Crippen LogP contribution >= 0.6 is 27.3 Å². The highest BCUT2D eigenvalue weighted by Crippen LogP contribution is 2.44. The number of aliphatic hydroxyl groups is 1. The molecule has 0 saturated carbocycles. The minimum atomic E-state index is -1.90. The number of thiophene rings is 1. The van der Waals surface area contributed by atoms with Gasteiger partial charge in [-0.3, -0.25) is 9.59 Å². The lowest BCUT2D eigenvalue weighted by Gasteiger charge is -2.22. The molecule has 152 valence electrons. The number of para-hydroxylation sites is 1. The molecule has 2 aliphatic rings. The Morgan fingerprint density at radius 2 is 1.93 bits per heavy atom. The summed E-state index contributed by atoms with van der Waals surface area (Å²) in [6.07, 6.45) is -0.312. The molecule has 0 spiro atoms. The van der Waals surface area contributed by atoms with Crippen LogP contribution in [-0.4, -0.2) is 23.6 Å². The molecule has 8 heteroatoms. The van der Waals surface area contributed by atoms with Gasteiger partial charge in [-0.2, -0.15) is 0 Å². The second kappa shape index (κ2) is 7.23. The number of ether oxygens (including phenoxy) is 2. The molecule has 1 amide bonds. The van der Waals surface area contributed by atoms with E-state index in [1.54, 1.807) is 36.4 Å². The van der Waals surface area contributed by atoms with Gasteiger partial charge >= 0.3 is 0 Å². The van der Waals surface area contributed by atoms with Crippen molar-refractivity contribution >= 4 is 44.6 Å². The van der Waals surface area contributed by atoms with Crippen molar-refractivity contribution in [1.29, 1.82) is 0 Å². The molecule has 2 aromatic carbocycles. The maximum Gasteiger partial charge on any atom is 0.264 e. The van der Waals surface area contributed by atoms with E-state index in [2.05, 4.69) is 15.9 Å². The molecule has 0 radical (unpaired) electrons. The molecule has 0 fully saturated rings. The van der Waals surface area contributed by atoms with E-state index in [0.717, 1.165) is 9.35 Å². The SMILES string of the molecule is O=C(C[C@]1(O)C(=O)N(Cc2ccc3c(c2)OCO3)c2ccccc21)c1ccc(Br)s1. The number of rotatable bonds is 5. The van der Waals surface area contributed by atoms with Crippen LogP contribution in [0.15, 0.2) is 58.4 Å². The normalized spacial score (nSPS) is 19.3. The number of benzene rings is 2. The van der Waals surface area contributed by atoms with Gasteiger partial charge in [-0.05, 0) is 51.8 Å². The summed E-state index contributed by atoms with van der Waals surface area (Å²) in [6.45, 7) is 0.415. The lowest BCUT2D eigenvalue weighted by molar-refractivity contribution is -0.136. The monoisotopic (exact) mass is 485 g/mol. The third-order valence-corrected chi connectivity index (χ3v) is 6.95. The molecule has 3 heterocycles. The van der Waals surface area contributed by atoms with Crippen LogP contribution in [0.1, 0.15) is 27.2 Å². The van der Waals surface area contributed by atoms with Crippen molar-refractivity contribution in [2.75, 3.05) is 11.7 Å². The molecular formula is C22H16BrNO5S. The Labute approximate surface area is 184 Å². The van der Waals surface area contributed by atoms with Crippen LogP contribution in [0.25, 0.3) is 0 Å². The zero-order chi connectivity index (χ0) is 20.9. The Hall–Kier alpha value is -2.68. The summed E-state index contributed by atoms with van der Waals surface area (Å²) in [7, 11) is 0. The molecule has 6 nitrogen and oxygen atoms in total. The summed E-state index contributed by atoms with van der Waals surface area (Å²) in [6, 6.07) is 16.0. The maximum atomic E-state index is 13.4. The van der Waals surface area contributed by atoms with Crippen LogP contribution < -0.4 is 14.4 Å². The minimum Gasteiger partial charge on any atom is -0.454 e. The molecule has 30 heavy (non-hydrogen) atoms. The maximum absolute atomic E-state index is 13.4. The molecule has 1 aromatic heterocycles. The highest BCUT2D eigenvalue weighted by molar-refractivity contribution is 9.11. The van der Waals surface area contributed by atoms with Crippen LogP contribution in [0.2, 0.25) is 0 Å². The predicted molar refractivity (Wildman–Crippen MR) is 115 cm³/mol. The molecule has 1 N–H and O–H groups in total. The van der Waals surface area contributed by atoms with Gasteiger partial charge in [0.15, 0.2) is 22.9 Å². The second-order valence-corrected chi connectivity index (χ2v) is 9.62. The van der Waals surface area contributed by atoms with E-state index in [-0.39, 0.29) is 25.5 Å². The van der Waals surface area contributed by atoms with Gasteiger partial charge < -0.3 is 19.5 Å². The first-order chi connectivity index (χ1) is 14.5. The number of Topliss-reactive ketones (excluding diaryl/α,β-unsaturated/α-hetero) is 1. The van der Waals surface area contributed by atoms with Gasteiger partial charge in [-0.1, -0.05) is 24.3 Å². The first kappa shape index (κ1) is 19.3. The number of halogens is 1. The van der Waals surface area contributed by atoms with E-state index < -0.39 is 11.5 Å². The van der Waals surface area contributed by atoms with E-state index in [0.29, 0.717) is 27.6 Å². The van der Waals surface area contributed by atoms with Gasteiger partial charge in [0.05, 0.1) is 27.3 Å². The number of hydrogen-bond acceptors (Lipinski definition) is 6. The van der Waals surface area contributed by atoms with Crippen LogP contribution in [0.4, 0.5) is 5.69 Å². The van der Waals surface area contributed by atoms with Crippen molar-refractivity contribution in [3.8, 4) is 11.5 Å². The Bertz CT molecular complexity index is 1180. The molecule has 1 atom stereocenters. The lowest BCUT2D eigenvalue weighted by Crippen LogP contribution is -2.41. The van der Waals surface area contributed by atoms with Gasteiger partial charge in [0.25, 0.3) is 5.91 Å². The van der Waals surface area contributed by atoms with Crippen molar-refractivity contribution in [3.05, 3.63) is 74.4 Å². The summed E-state index contributed by atoms with van der Waals surface area (Å²) >= 11 is 4.62. The van der Waals surface area contributed by atoms with Crippen molar-refractivity contribution in [2.45, 2.75) is 18.6 Å². The number of ketones is 1. The lowest BCUT2D eigenvalue weighted by atomic mass is 9.89. The van der Waals surface area contributed by atoms with Gasteiger partial charge in [0, 0.05) is 5.56 Å². The minimum absolute atomic E-state index is 0.172. The zero-order valence-corrected chi connectivity index (χ0v) is 18.0. The molecule has 0 unspecified atom stereocenters. The van der Waals surface area contributed by atoms with E-state index in [1.807, 2.05) is 18.2 Å². The van der Waals surface area contributed by atoms with Crippen molar-refractivity contribution < 1.29 is 24.2 Å². The Morgan fingerprint density at radius 3 is 2.73 bits per heavy atom. The largest absolute Gasteiger partial charge is 0.454 e. The molecule has 0 saturated heterocycles. The van der Waals surface area contributed by atoms with E-state index >= 15 is 0 Å². The number of fused-ring (bicyclic) bond motifs is 2. The number of anilines is 1. The Morgan fingerprint density at radius 1 is 1.13 bits per heavy atom. The number of nitrogens with zero attached hydrogens (tertiary/aromatic N) is 1. The molecule has 3 aromatic rings.